The minimum atomic E-state index is 0.460. The van der Waals surface area contributed by atoms with E-state index in [1.165, 1.54) is 0 Å². The van der Waals surface area contributed by atoms with Crippen molar-refractivity contribution in [2.45, 2.75) is 13.5 Å². The summed E-state index contributed by atoms with van der Waals surface area (Å²) in [5.74, 6) is 0.533. The quantitative estimate of drug-likeness (QED) is 0.688. The molecule has 1 rings (SSSR count). The van der Waals surface area contributed by atoms with E-state index in [0.29, 0.717) is 12.5 Å². The number of hydrogen-bond donors (Lipinski definition) is 1. The minimum absolute atomic E-state index is 0.460. The van der Waals surface area contributed by atoms with Crippen LogP contribution in [0.1, 0.15) is 12.6 Å². The molecule has 0 saturated heterocycles. The lowest BCUT2D eigenvalue weighted by Gasteiger charge is -2.02. The molecular weight excluding hydrogens is 178 g/mol. The largest absolute Gasteiger partial charge is 0.472 e. The predicted octanol–water partition coefficient (Wildman–Crippen LogP) is 1.15. The van der Waals surface area contributed by atoms with E-state index in [0.717, 1.165) is 18.8 Å². The van der Waals surface area contributed by atoms with Gasteiger partial charge in [0.25, 0.3) is 0 Å². The van der Waals surface area contributed by atoms with Crippen molar-refractivity contribution >= 4 is 0 Å². The van der Waals surface area contributed by atoms with Gasteiger partial charge in [0.05, 0.1) is 5.69 Å². The Morgan fingerprint density at radius 3 is 2.93 bits per heavy atom. The second-order valence-electron chi connectivity index (χ2n) is 2.74. The van der Waals surface area contributed by atoms with Gasteiger partial charge < -0.3 is 10.1 Å². The zero-order valence-electron chi connectivity index (χ0n) is 8.36. The van der Waals surface area contributed by atoms with Crippen LogP contribution in [0, 0.1) is 0 Å². The van der Waals surface area contributed by atoms with E-state index >= 15 is 0 Å². The van der Waals surface area contributed by atoms with Gasteiger partial charge in [0.2, 0.25) is 5.88 Å². The zero-order chi connectivity index (χ0) is 10.2. The topological polar surface area (TPSA) is 47.0 Å². The molecule has 0 fully saturated rings. The summed E-state index contributed by atoms with van der Waals surface area (Å²) in [5, 5.41) is 11.1. The summed E-state index contributed by atoms with van der Waals surface area (Å²) < 4.78 is 5.20. The Labute approximate surface area is 84.0 Å². The molecule has 4 heteroatoms. The molecule has 0 aliphatic heterocycles. The molecule has 0 saturated carbocycles. The van der Waals surface area contributed by atoms with Gasteiger partial charge in [-0.1, -0.05) is 19.6 Å². The van der Waals surface area contributed by atoms with E-state index in [2.05, 4.69) is 29.0 Å². The maximum absolute atomic E-state index is 5.20. The van der Waals surface area contributed by atoms with Gasteiger partial charge >= 0.3 is 0 Å². The Kier molecular flexibility index (Phi) is 4.64. The molecule has 1 aromatic rings. The molecule has 0 unspecified atom stereocenters. The lowest BCUT2D eigenvalue weighted by molar-refractivity contribution is 0.343. The lowest BCUT2D eigenvalue weighted by Crippen LogP contribution is -2.13. The van der Waals surface area contributed by atoms with Gasteiger partial charge in [-0.2, -0.15) is 5.10 Å². The smallest absolute Gasteiger partial charge is 0.233 e. The molecule has 76 valence electrons. The Morgan fingerprint density at radius 2 is 2.36 bits per heavy atom. The highest BCUT2D eigenvalue weighted by atomic mass is 16.5. The monoisotopic (exact) mass is 193 g/mol. The first-order valence-corrected chi connectivity index (χ1v) is 4.63. The van der Waals surface area contributed by atoms with E-state index < -0.39 is 0 Å². The molecule has 0 atom stereocenters. The summed E-state index contributed by atoms with van der Waals surface area (Å²) >= 11 is 0. The maximum atomic E-state index is 5.20. The fourth-order valence-electron chi connectivity index (χ4n) is 0.916. The number of hydrogen-bond acceptors (Lipinski definition) is 4. The van der Waals surface area contributed by atoms with E-state index in [1.807, 2.05) is 12.1 Å². The third-order valence-corrected chi connectivity index (χ3v) is 1.60. The van der Waals surface area contributed by atoms with Crippen molar-refractivity contribution in [1.29, 1.82) is 0 Å². The predicted molar refractivity (Wildman–Crippen MR) is 55.1 cm³/mol. The van der Waals surface area contributed by atoms with E-state index in [1.54, 1.807) is 6.08 Å². The van der Waals surface area contributed by atoms with Gasteiger partial charge in [0.1, 0.15) is 6.61 Å². The first-order chi connectivity index (χ1) is 6.86. The molecule has 0 aliphatic carbocycles. The van der Waals surface area contributed by atoms with Gasteiger partial charge in [0.15, 0.2) is 0 Å². The SMILES string of the molecule is C=CCOc1ccc(CNCC)nn1. The Balaban J connectivity index is 2.46. The van der Waals surface area contributed by atoms with Crippen molar-refractivity contribution in [3.05, 3.63) is 30.5 Å². The highest BCUT2D eigenvalue weighted by Crippen LogP contribution is 2.04. The molecule has 1 N–H and O–H groups in total. The minimum Gasteiger partial charge on any atom is -0.472 e. The Morgan fingerprint density at radius 1 is 1.50 bits per heavy atom. The first kappa shape index (κ1) is 10.7. The van der Waals surface area contributed by atoms with Crippen LogP contribution in [0.2, 0.25) is 0 Å². The second-order valence-corrected chi connectivity index (χ2v) is 2.74. The molecule has 0 radical (unpaired) electrons. The van der Waals surface area contributed by atoms with E-state index in [-0.39, 0.29) is 0 Å². The molecule has 0 aliphatic rings. The van der Waals surface area contributed by atoms with Gasteiger partial charge in [-0.15, -0.1) is 5.10 Å². The molecule has 1 heterocycles. The van der Waals surface area contributed by atoms with Gasteiger partial charge in [-0.25, -0.2) is 0 Å². The van der Waals surface area contributed by atoms with E-state index in [4.69, 9.17) is 4.74 Å². The van der Waals surface area contributed by atoms with Crippen molar-refractivity contribution in [3.63, 3.8) is 0 Å². The number of aromatic nitrogens is 2. The number of nitrogens with one attached hydrogen (secondary N) is 1. The Hall–Kier alpha value is -1.42. The van der Waals surface area contributed by atoms with Crippen LogP contribution in [0.25, 0.3) is 0 Å². The fraction of sp³-hybridized carbons (Fsp3) is 0.400. The van der Waals surface area contributed by atoms with Crippen LogP contribution in [0.3, 0.4) is 0 Å². The Bertz CT molecular complexity index is 271. The van der Waals surface area contributed by atoms with Gasteiger partial charge in [0, 0.05) is 12.6 Å². The number of rotatable bonds is 6. The molecule has 0 bridgehead atoms. The highest BCUT2D eigenvalue weighted by molar-refractivity contribution is 5.11. The third-order valence-electron chi connectivity index (χ3n) is 1.60. The summed E-state index contributed by atoms with van der Waals surface area (Å²) in [7, 11) is 0. The van der Waals surface area contributed by atoms with Crippen molar-refractivity contribution in [2.24, 2.45) is 0 Å². The van der Waals surface area contributed by atoms with Crippen molar-refractivity contribution in [1.82, 2.24) is 15.5 Å². The van der Waals surface area contributed by atoms with Crippen LogP contribution < -0.4 is 10.1 Å². The summed E-state index contributed by atoms with van der Waals surface area (Å²) in [6.45, 7) is 7.73. The average molecular weight is 193 g/mol. The van der Waals surface area contributed by atoms with Gasteiger partial charge in [-0.05, 0) is 12.6 Å². The average Bonchev–Trinajstić information content (AvgIpc) is 2.25. The normalized spacial score (nSPS) is 9.79. The highest BCUT2D eigenvalue weighted by Gasteiger charge is 1.96. The van der Waals surface area contributed by atoms with Crippen LogP contribution in [0.15, 0.2) is 24.8 Å². The van der Waals surface area contributed by atoms with Gasteiger partial charge in [-0.3, -0.25) is 0 Å². The summed E-state index contributed by atoms with van der Waals surface area (Å²) in [4.78, 5) is 0. The molecular formula is C10H15N3O. The molecule has 0 amide bonds. The maximum Gasteiger partial charge on any atom is 0.233 e. The number of nitrogens with zero attached hydrogens (tertiary/aromatic N) is 2. The van der Waals surface area contributed by atoms with Crippen LogP contribution in [0.5, 0.6) is 5.88 Å². The van der Waals surface area contributed by atoms with Crippen molar-refractivity contribution < 1.29 is 4.74 Å². The van der Waals surface area contributed by atoms with Crippen LogP contribution >= 0.6 is 0 Å². The summed E-state index contributed by atoms with van der Waals surface area (Å²) in [6.07, 6.45) is 1.67. The fourth-order valence-corrected chi connectivity index (χ4v) is 0.916. The van der Waals surface area contributed by atoms with Crippen molar-refractivity contribution in [2.75, 3.05) is 13.2 Å². The van der Waals surface area contributed by atoms with E-state index in [9.17, 15) is 0 Å². The second kappa shape index (κ2) is 6.10. The standard InChI is InChI=1S/C10H15N3O/c1-3-7-14-10-6-5-9(12-13-10)8-11-4-2/h3,5-6,11H,1,4,7-8H2,2H3. The first-order valence-electron chi connectivity index (χ1n) is 4.63. The third kappa shape index (κ3) is 3.53. The molecule has 4 nitrogen and oxygen atoms in total. The molecule has 1 aromatic heterocycles. The lowest BCUT2D eigenvalue weighted by atomic mass is 10.4. The van der Waals surface area contributed by atoms with Crippen LogP contribution in [0.4, 0.5) is 0 Å². The summed E-state index contributed by atoms with van der Waals surface area (Å²) in [5.41, 5.74) is 0.915. The van der Waals surface area contributed by atoms with Crippen LogP contribution in [-0.2, 0) is 6.54 Å². The molecule has 0 aromatic carbocycles. The summed E-state index contributed by atoms with van der Waals surface area (Å²) in [6, 6.07) is 3.71. The molecule has 14 heavy (non-hydrogen) atoms. The zero-order valence-corrected chi connectivity index (χ0v) is 8.36. The van der Waals surface area contributed by atoms with Crippen molar-refractivity contribution in [3.8, 4) is 5.88 Å². The molecule has 0 spiro atoms. The van der Waals surface area contributed by atoms with Crippen LogP contribution in [-0.4, -0.2) is 23.3 Å². The number of ether oxygens (including phenoxy) is 1.